The van der Waals surface area contributed by atoms with Gasteiger partial charge in [0.05, 0.1) is 6.54 Å². The summed E-state index contributed by atoms with van der Waals surface area (Å²) in [6, 6.07) is 0. The largest absolute Gasteiger partial charge is 0.324 e. The highest BCUT2D eigenvalue weighted by molar-refractivity contribution is 5.05. The van der Waals surface area contributed by atoms with E-state index in [9.17, 15) is 0 Å². The van der Waals surface area contributed by atoms with Crippen LogP contribution in [-0.4, -0.2) is 28.0 Å². The Labute approximate surface area is 90.5 Å². The molecule has 1 fully saturated rings. The summed E-state index contributed by atoms with van der Waals surface area (Å²) in [4.78, 5) is 10.9. The van der Waals surface area contributed by atoms with Crippen molar-refractivity contribution in [2.24, 2.45) is 5.73 Å². The first-order chi connectivity index (χ1) is 7.38. The zero-order valence-electron chi connectivity index (χ0n) is 9.02. The van der Waals surface area contributed by atoms with E-state index in [1.807, 2.05) is 12.4 Å². The third-order valence-electron chi connectivity index (χ3n) is 2.80. The second kappa shape index (κ2) is 5.19. The highest BCUT2D eigenvalue weighted by Crippen LogP contribution is 2.11. The van der Waals surface area contributed by atoms with Crippen molar-refractivity contribution in [3.8, 4) is 0 Å². The van der Waals surface area contributed by atoms with Gasteiger partial charge in [-0.3, -0.25) is 4.90 Å². The van der Waals surface area contributed by atoms with E-state index < -0.39 is 0 Å². The van der Waals surface area contributed by atoms with Gasteiger partial charge in [-0.1, -0.05) is 6.42 Å². The molecule has 1 aliphatic rings. The van der Waals surface area contributed by atoms with Crippen LogP contribution in [0.5, 0.6) is 0 Å². The minimum atomic E-state index is 0.421. The van der Waals surface area contributed by atoms with Gasteiger partial charge in [-0.2, -0.15) is 0 Å². The summed E-state index contributed by atoms with van der Waals surface area (Å²) in [5.41, 5.74) is 6.64. The van der Waals surface area contributed by atoms with E-state index in [4.69, 9.17) is 5.73 Å². The van der Waals surface area contributed by atoms with Crippen molar-refractivity contribution < 1.29 is 0 Å². The van der Waals surface area contributed by atoms with Crippen molar-refractivity contribution in [2.75, 3.05) is 13.1 Å². The Morgan fingerprint density at radius 3 is 2.40 bits per heavy atom. The average molecular weight is 206 g/mol. The van der Waals surface area contributed by atoms with Crippen LogP contribution in [0.2, 0.25) is 0 Å². The summed E-state index contributed by atoms with van der Waals surface area (Å²) < 4.78 is 0. The van der Waals surface area contributed by atoms with E-state index in [2.05, 4.69) is 14.9 Å². The maximum atomic E-state index is 5.45. The van der Waals surface area contributed by atoms with Crippen LogP contribution in [0.1, 0.15) is 30.7 Å². The summed E-state index contributed by atoms with van der Waals surface area (Å²) in [5.74, 6) is 0.720. The second-order valence-corrected chi connectivity index (χ2v) is 4.05. The molecule has 0 bridgehead atoms. The second-order valence-electron chi connectivity index (χ2n) is 4.05. The zero-order valence-corrected chi connectivity index (χ0v) is 9.02. The van der Waals surface area contributed by atoms with Gasteiger partial charge in [0.1, 0.15) is 5.82 Å². The number of hydrogen-bond donors (Lipinski definition) is 1. The fraction of sp³-hybridized carbons (Fsp3) is 0.636. The van der Waals surface area contributed by atoms with Crippen LogP contribution >= 0.6 is 0 Å². The summed E-state index contributed by atoms with van der Waals surface area (Å²) in [7, 11) is 0. The summed E-state index contributed by atoms with van der Waals surface area (Å²) in [5, 5.41) is 0. The molecule has 0 spiro atoms. The first-order valence-corrected chi connectivity index (χ1v) is 5.61. The van der Waals surface area contributed by atoms with Crippen molar-refractivity contribution in [3.63, 3.8) is 0 Å². The zero-order chi connectivity index (χ0) is 10.5. The molecule has 0 aliphatic carbocycles. The van der Waals surface area contributed by atoms with Gasteiger partial charge in [0.15, 0.2) is 0 Å². The summed E-state index contributed by atoms with van der Waals surface area (Å²) in [6.07, 6.45) is 7.80. The van der Waals surface area contributed by atoms with Gasteiger partial charge in [-0.05, 0) is 25.9 Å². The smallest absolute Gasteiger partial charge is 0.141 e. The van der Waals surface area contributed by atoms with Crippen molar-refractivity contribution >= 4 is 0 Å². The van der Waals surface area contributed by atoms with E-state index in [1.165, 1.54) is 37.9 Å². The molecule has 1 saturated heterocycles. The van der Waals surface area contributed by atoms with Crippen LogP contribution in [0.15, 0.2) is 12.4 Å². The topological polar surface area (TPSA) is 55.0 Å². The molecule has 4 nitrogen and oxygen atoms in total. The molecule has 0 atom stereocenters. The molecule has 2 heterocycles. The molecule has 0 amide bonds. The van der Waals surface area contributed by atoms with E-state index in [0.717, 1.165) is 12.4 Å². The van der Waals surface area contributed by atoms with Crippen LogP contribution in [-0.2, 0) is 13.1 Å². The minimum absolute atomic E-state index is 0.421. The molecule has 0 unspecified atom stereocenters. The SMILES string of the molecule is NCc1ncc(CN2CCCCC2)cn1. The third kappa shape index (κ3) is 2.97. The van der Waals surface area contributed by atoms with Crippen LogP contribution in [0.3, 0.4) is 0 Å². The minimum Gasteiger partial charge on any atom is -0.324 e. The predicted molar refractivity (Wildman–Crippen MR) is 59.1 cm³/mol. The maximum absolute atomic E-state index is 5.45. The summed E-state index contributed by atoms with van der Waals surface area (Å²) in [6.45, 7) is 3.81. The number of rotatable bonds is 3. The van der Waals surface area contributed by atoms with Gasteiger partial charge in [-0.25, -0.2) is 9.97 Å². The molecule has 4 heteroatoms. The number of nitrogens with zero attached hydrogens (tertiary/aromatic N) is 3. The van der Waals surface area contributed by atoms with Crippen LogP contribution in [0.4, 0.5) is 0 Å². The Balaban J connectivity index is 1.91. The fourth-order valence-corrected chi connectivity index (χ4v) is 1.94. The average Bonchev–Trinajstić information content (AvgIpc) is 2.31. The third-order valence-corrected chi connectivity index (χ3v) is 2.80. The highest BCUT2D eigenvalue weighted by Gasteiger charge is 2.10. The lowest BCUT2D eigenvalue weighted by molar-refractivity contribution is 0.220. The molecule has 2 N–H and O–H groups in total. The first-order valence-electron chi connectivity index (χ1n) is 5.61. The Bertz CT molecular complexity index is 290. The van der Waals surface area contributed by atoms with E-state index in [-0.39, 0.29) is 0 Å². The number of hydrogen-bond acceptors (Lipinski definition) is 4. The lowest BCUT2D eigenvalue weighted by Gasteiger charge is -2.26. The van der Waals surface area contributed by atoms with Crippen molar-refractivity contribution in [1.29, 1.82) is 0 Å². The molecule has 0 saturated carbocycles. The van der Waals surface area contributed by atoms with E-state index in [0.29, 0.717) is 6.54 Å². The Morgan fingerprint density at radius 1 is 1.13 bits per heavy atom. The Kier molecular flexibility index (Phi) is 3.64. The number of likely N-dealkylation sites (tertiary alicyclic amines) is 1. The molecule has 1 aromatic rings. The van der Waals surface area contributed by atoms with E-state index >= 15 is 0 Å². The molecular formula is C11H18N4. The number of nitrogens with two attached hydrogens (primary N) is 1. The van der Waals surface area contributed by atoms with Crippen molar-refractivity contribution in [3.05, 3.63) is 23.8 Å². The predicted octanol–water partition coefficient (Wildman–Crippen LogP) is 0.921. The van der Waals surface area contributed by atoms with Crippen molar-refractivity contribution in [2.45, 2.75) is 32.4 Å². The van der Waals surface area contributed by atoms with Crippen LogP contribution in [0, 0.1) is 0 Å². The van der Waals surface area contributed by atoms with Gasteiger partial charge in [0, 0.05) is 24.5 Å². The molecular weight excluding hydrogens is 188 g/mol. The van der Waals surface area contributed by atoms with Gasteiger partial charge >= 0.3 is 0 Å². The molecule has 0 radical (unpaired) electrons. The fourth-order valence-electron chi connectivity index (χ4n) is 1.94. The van der Waals surface area contributed by atoms with Gasteiger partial charge < -0.3 is 5.73 Å². The normalized spacial score (nSPS) is 17.9. The van der Waals surface area contributed by atoms with Gasteiger partial charge in [-0.15, -0.1) is 0 Å². The Morgan fingerprint density at radius 2 is 1.80 bits per heavy atom. The molecule has 82 valence electrons. The Hall–Kier alpha value is -1.00. The standard InChI is InChI=1S/C11H18N4/c12-6-11-13-7-10(8-14-11)9-15-4-2-1-3-5-15/h7-8H,1-6,9,12H2. The molecule has 15 heavy (non-hydrogen) atoms. The highest BCUT2D eigenvalue weighted by atomic mass is 15.1. The molecule has 1 aromatic heterocycles. The van der Waals surface area contributed by atoms with Gasteiger partial charge in [0.2, 0.25) is 0 Å². The van der Waals surface area contributed by atoms with E-state index in [1.54, 1.807) is 0 Å². The monoisotopic (exact) mass is 206 g/mol. The lowest BCUT2D eigenvalue weighted by Crippen LogP contribution is -2.29. The first kappa shape index (κ1) is 10.5. The van der Waals surface area contributed by atoms with Crippen LogP contribution < -0.4 is 5.73 Å². The van der Waals surface area contributed by atoms with Crippen LogP contribution in [0.25, 0.3) is 0 Å². The summed E-state index contributed by atoms with van der Waals surface area (Å²) >= 11 is 0. The maximum Gasteiger partial charge on any atom is 0.141 e. The number of piperidine rings is 1. The van der Waals surface area contributed by atoms with Crippen molar-refractivity contribution in [1.82, 2.24) is 14.9 Å². The molecule has 1 aliphatic heterocycles. The quantitative estimate of drug-likeness (QED) is 0.799. The van der Waals surface area contributed by atoms with Gasteiger partial charge in [0.25, 0.3) is 0 Å². The molecule has 0 aromatic carbocycles. The lowest BCUT2D eigenvalue weighted by atomic mass is 10.1. The number of aromatic nitrogens is 2. The molecule has 2 rings (SSSR count).